The predicted octanol–water partition coefficient (Wildman–Crippen LogP) is 5.56. The second-order valence-corrected chi connectivity index (χ2v) is 9.85. The average Bonchev–Trinajstić information content (AvgIpc) is 2.80. The highest BCUT2D eigenvalue weighted by Crippen LogP contribution is 2.28. The monoisotopic (exact) mass is 510 g/mol. The summed E-state index contributed by atoms with van der Waals surface area (Å²) in [5.41, 5.74) is 2.80. The highest BCUT2D eigenvalue weighted by atomic mass is 79.9. The molecule has 1 aliphatic carbocycles. The number of aromatic nitrogens is 2. The number of aryl methyl sites for hydroxylation is 1. The number of benzene rings is 2. The van der Waals surface area contributed by atoms with Crippen molar-refractivity contribution in [3.05, 3.63) is 52.5 Å². The van der Waals surface area contributed by atoms with Gasteiger partial charge in [0.25, 0.3) is 0 Å². The Bertz CT molecular complexity index is 1130. The van der Waals surface area contributed by atoms with Crippen molar-refractivity contribution in [2.75, 3.05) is 36.2 Å². The molecule has 0 atom stereocenters. The first kappa shape index (κ1) is 23.3. The molecule has 1 aromatic heterocycles. The molecule has 1 aliphatic rings. The van der Waals surface area contributed by atoms with Crippen LogP contribution in [0.3, 0.4) is 0 Å². The molecule has 0 bridgehead atoms. The van der Waals surface area contributed by atoms with E-state index in [1.54, 1.807) is 0 Å². The van der Waals surface area contributed by atoms with Gasteiger partial charge in [0.1, 0.15) is 5.82 Å². The maximum absolute atomic E-state index is 12.3. The van der Waals surface area contributed by atoms with E-state index in [1.165, 1.54) is 0 Å². The first-order valence-electron chi connectivity index (χ1n) is 11.4. The van der Waals surface area contributed by atoms with Crippen molar-refractivity contribution in [3.63, 3.8) is 0 Å². The lowest BCUT2D eigenvalue weighted by molar-refractivity contribution is 0.246. The highest BCUT2D eigenvalue weighted by molar-refractivity contribution is 9.10. The Morgan fingerprint density at radius 2 is 1.85 bits per heavy atom. The van der Waals surface area contributed by atoms with Crippen molar-refractivity contribution >= 4 is 50.3 Å². The Morgan fingerprint density at radius 3 is 2.58 bits per heavy atom. The largest absolute Gasteiger partial charge is 0.362 e. The third-order valence-corrected chi connectivity index (χ3v) is 6.67. The fraction of sp³-hybridized carbons (Fsp3) is 0.400. The number of urea groups is 1. The summed E-state index contributed by atoms with van der Waals surface area (Å²) in [7, 11) is 4.01. The SMILES string of the molecule is Cc1cc(Br)ccc1NC(=O)NCC1CCC(Nc2nc(N(C)C)c3ccccc3n2)CC1. The lowest BCUT2D eigenvalue weighted by Gasteiger charge is -2.29. The van der Waals surface area contributed by atoms with Crippen LogP contribution in [0.2, 0.25) is 0 Å². The standard InChI is InChI=1S/C25H31BrN6O/c1-16-14-18(26)10-13-21(16)30-25(33)27-15-17-8-11-19(12-9-17)28-24-29-22-7-5-4-6-20(22)23(31-24)32(2)3/h4-7,10,13-14,17,19H,8-9,11-12,15H2,1-3H3,(H2,27,30,33)(H,28,29,31). The smallest absolute Gasteiger partial charge is 0.319 e. The molecule has 8 heteroatoms. The quantitative estimate of drug-likeness (QED) is 0.404. The molecule has 4 rings (SSSR count). The number of para-hydroxylation sites is 1. The molecule has 2 amide bonds. The molecule has 3 aromatic rings. The van der Waals surface area contributed by atoms with Gasteiger partial charge < -0.3 is 20.9 Å². The van der Waals surface area contributed by atoms with Crippen LogP contribution in [0.5, 0.6) is 0 Å². The van der Waals surface area contributed by atoms with Crippen LogP contribution in [0.25, 0.3) is 10.9 Å². The molecular formula is C25H31BrN6O. The van der Waals surface area contributed by atoms with E-state index < -0.39 is 0 Å². The number of carbonyl (C=O) groups is 1. The Balaban J connectivity index is 1.27. The summed E-state index contributed by atoms with van der Waals surface area (Å²) >= 11 is 3.45. The van der Waals surface area contributed by atoms with Gasteiger partial charge in [-0.25, -0.2) is 9.78 Å². The number of hydrogen-bond donors (Lipinski definition) is 3. The third kappa shape index (κ3) is 5.93. The van der Waals surface area contributed by atoms with Gasteiger partial charge in [-0.15, -0.1) is 0 Å². The minimum absolute atomic E-state index is 0.151. The van der Waals surface area contributed by atoms with Crippen LogP contribution in [-0.2, 0) is 0 Å². The summed E-state index contributed by atoms with van der Waals surface area (Å²) in [4.78, 5) is 23.8. The molecule has 0 unspecified atom stereocenters. The van der Waals surface area contributed by atoms with E-state index >= 15 is 0 Å². The molecule has 0 radical (unpaired) electrons. The minimum Gasteiger partial charge on any atom is -0.362 e. The average molecular weight is 511 g/mol. The van der Waals surface area contributed by atoms with E-state index in [0.717, 1.165) is 58.1 Å². The Morgan fingerprint density at radius 1 is 1.09 bits per heavy atom. The number of hydrogen-bond acceptors (Lipinski definition) is 5. The van der Waals surface area contributed by atoms with Gasteiger partial charge in [0, 0.05) is 42.2 Å². The molecule has 3 N–H and O–H groups in total. The second-order valence-electron chi connectivity index (χ2n) is 8.94. The van der Waals surface area contributed by atoms with E-state index in [4.69, 9.17) is 9.97 Å². The van der Waals surface area contributed by atoms with E-state index in [1.807, 2.05) is 62.3 Å². The van der Waals surface area contributed by atoms with Crippen LogP contribution in [0.4, 0.5) is 22.2 Å². The molecular weight excluding hydrogens is 480 g/mol. The number of fused-ring (bicyclic) bond motifs is 1. The van der Waals surface area contributed by atoms with Crippen LogP contribution in [-0.4, -0.2) is 42.7 Å². The van der Waals surface area contributed by atoms with Gasteiger partial charge in [-0.3, -0.25) is 0 Å². The Kier molecular flexibility index (Phi) is 7.33. The number of amides is 2. The van der Waals surface area contributed by atoms with Crippen molar-refractivity contribution in [2.45, 2.75) is 38.6 Å². The summed E-state index contributed by atoms with van der Waals surface area (Å²) in [6, 6.07) is 14.1. The second kappa shape index (κ2) is 10.4. The van der Waals surface area contributed by atoms with Gasteiger partial charge >= 0.3 is 6.03 Å². The first-order chi connectivity index (χ1) is 15.9. The van der Waals surface area contributed by atoms with Crippen molar-refractivity contribution in [2.24, 2.45) is 5.92 Å². The number of halogens is 1. The maximum atomic E-state index is 12.3. The molecule has 0 saturated heterocycles. The van der Waals surface area contributed by atoms with Gasteiger partial charge in [0.15, 0.2) is 0 Å². The minimum atomic E-state index is -0.151. The zero-order chi connectivity index (χ0) is 23.4. The molecule has 1 heterocycles. The number of rotatable bonds is 6. The number of carbonyl (C=O) groups excluding carboxylic acids is 1. The van der Waals surface area contributed by atoms with Crippen molar-refractivity contribution in [1.29, 1.82) is 0 Å². The lowest BCUT2D eigenvalue weighted by Crippen LogP contribution is -2.36. The number of nitrogens with one attached hydrogen (secondary N) is 3. The molecule has 0 aliphatic heterocycles. The Hall–Kier alpha value is -2.87. The normalized spacial score (nSPS) is 18.1. The van der Waals surface area contributed by atoms with E-state index in [0.29, 0.717) is 24.5 Å². The van der Waals surface area contributed by atoms with E-state index in [2.05, 4.69) is 37.9 Å². The Labute approximate surface area is 203 Å². The van der Waals surface area contributed by atoms with Gasteiger partial charge in [0.05, 0.1) is 5.52 Å². The van der Waals surface area contributed by atoms with E-state index in [9.17, 15) is 4.79 Å². The number of anilines is 3. The molecule has 0 spiro atoms. The summed E-state index contributed by atoms with van der Waals surface area (Å²) in [6.45, 7) is 2.67. The summed E-state index contributed by atoms with van der Waals surface area (Å²) in [6.07, 6.45) is 4.19. The molecule has 1 fully saturated rings. The van der Waals surface area contributed by atoms with E-state index in [-0.39, 0.29) is 6.03 Å². The summed E-state index contributed by atoms with van der Waals surface area (Å²) in [5.74, 6) is 2.09. The van der Waals surface area contributed by atoms with Crippen molar-refractivity contribution in [1.82, 2.24) is 15.3 Å². The highest BCUT2D eigenvalue weighted by Gasteiger charge is 2.23. The maximum Gasteiger partial charge on any atom is 0.319 e. The number of nitrogens with zero attached hydrogens (tertiary/aromatic N) is 3. The van der Waals surface area contributed by atoms with Crippen LogP contribution >= 0.6 is 15.9 Å². The molecule has 1 saturated carbocycles. The van der Waals surface area contributed by atoms with Crippen molar-refractivity contribution < 1.29 is 4.79 Å². The molecule has 7 nitrogen and oxygen atoms in total. The summed E-state index contributed by atoms with van der Waals surface area (Å²) in [5, 5.41) is 10.6. The summed E-state index contributed by atoms with van der Waals surface area (Å²) < 4.78 is 1.00. The van der Waals surface area contributed by atoms with Crippen LogP contribution in [0.1, 0.15) is 31.2 Å². The third-order valence-electron chi connectivity index (χ3n) is 6.17. The van der Waals surface area contributed by atoms with Crippen molar-refractivity contribution in [3.8, 4) is 0 Å². The van der Waals surface area contributed by atoms with Crippen LogP contribution < -0.4 is 20.9 Å². The zero-order valence-electron chi connectivity index (χ0n) is 19.4. The van der Waals surface area contributed by atoms with Gasteiger partial charge in [-0.1, -0.05) is 28.1 Å². The van der Waals surface area contributed by atoms with Crippen LogP contribution in [0.15, 0.2) is 46.9 Å². The van der Waals surface area contributed by atoms with Gasteiger partial charge in [-0.05, 0) is 74.4 Å². The molecule has 33 heavy (non-hydrogen) atoms. The van der Waals surface area contributed by atoms with Gasteiger partial charge in [-0.2, -0.15) is 4.98 Å². The molecule has 174 valence electrons. The molecule has 2 aromatic carbocycles. The predicted molar refractivity (Wildman–Crippen MR) is 139 cm³/mol. The topological polar surface area (TPSA) is 82.2 Å². The zero-order valence-corrected chi connectivity index (χ0v) is 20.9. The lowest BCUT2D eigenvalue weighted by atomic mass is 9.86. The van der Waals surface area contributed by atoms with Gasteiger partial charge in [0.2, 0.25) is 5.95 Å². The first-order valence-corrected chi connectivity index (χ1v) is 12.2. The fourth-order valence-electron chi connectivity index (χ4n) is 4.33. The van der Waals surface area contributed by atoms with Crippen LogP contribution in [0, 0.1) is 12.8 Å². The fourth-order valence-corrected chi connectivity index (χ4v) is 4.81.